The molecule has 1 atom stereocenters. The smallest absolute Gasteiger partial charge is 0.240 e. The maximum atomic E-state index is 12.3. The van der Waals surface area contributed by atoms with Crippen molar-refractivity contribution in [1.29, 1.82) is 0 Å². The van der Waals surface area contributed by atoms with Gasteiger partial charge in [0.1, 0.15) is 0 Å². The fourth-order valence-corrected chi connectivity index (χ4v) is 3.60. The monoisotopic (exact) mass is 310 g/mol. The van der Waals surface area contributed by atoms with Crippen LogP contribution in [0.4, 0.5) is 0 Å². The SMILES string of the molecule is CC(C)NCc1ccc(S(=O)(=O)NC(C)CC2CC2)cc1. The predicted octanol–water partition coefficient (Wildman–Crippen LogP) is 2.65. The molecule has 5 heteroatoms. The summed E-state index contributed by atoms with van der Waals surface area (Å²) in [6.45, 7) is 6.87. The molecular formula is C16H26N2O2S. The van der Waals surface area contributed by atoms with Crippen LogP contribution in [0.15, 0.2) is 29.2 Å². The van der Waals surface area contributed by atoms with Gasteiger partial charge in [0.15, 0.2) is 0 Å². The zero-order chi connectivity index (χ0) is 15.5. The second-order valence-electron chi connectivity index (χ2n) is 6.38. The molecule has 0 heterocycles. The summed E-state index contributed by atoms with van der Waals surface area (Å²) in [4.78, 5) is 0.346. The molecule has 0 aromatic heterocycles. The Morgan fingerprint density at radius 1 is 1.14 bits per heavy atom. The number of sulfonamides is 1. The van der Waals surface area contributed by atoms with Crippen molar-refractivity contribution in [3.8, 4) is 0 Å². The summed E-state index contributed by atoms with van der Waals surface area (Å²) in [5, 5.41) is 3.32. The Labute approximate surface area is 128 Å². The van der Waals surface area contributed by atoms with Crippen molar-refractivity contribution in [3.05, 3.63) is 29.8 Å². The molecule has 4 nitrogen and oxygen atoms in total. The van der Waals surface area contributed by atoms with E-state index in [9.17, 15) is 8.42 Å². The minimum absolute atomic E-state index is 0.00443. The van der Waals surface area contributed by atoms with E-state index in [1.165, 1.54) is 12.8 Å². The van der Waals surface area contributed by atoms with E-state index in [2.05, 4.69) is 23.9 Å². The highest BCUT2D eigenvalue weighted by atomic mass is 32.2. The molecule has 1 aromatic carbocycles. The quantitative estimate of drug-likeness (QED) is 0.776. The second-order valence-corrected chi connectivity index (χ2v) is 8.09. The van der Waals surface area contributed by atoms with E-state index in [4.69, 9.17) is 0 Å². The fraction of sp³-hybridized carbons (Fsp3) is 0.625. The highest BCUT2D eigenvalue weighted by molar-refractivity contribution is 7.89. The molecule has 1 aromatic rings. The van der Waals surface area contributed by atoms with E-state index < -0.39 is 10.0 Å². The van der Waals surface area contributed by atoms with Gasteiger partial charge in [-0.1, -0.05) is 38.8 Å². The largest absolute Gasteiger partial charge is 0.310 e. The number of nitrogens with one attached hydrogen (secondary N) is 2. The number of hydrogen-bond acceptors (Lipinski definition) is 3. The van der Waals surface area contributed by atoms with Crippen LogP contribution in [-0.2, 0) is 16.6 Å². The van der Waals surface area contributed by atoms with Crippen molar-refractivity contribution < 1.29 is 8.42 Å². The molecule has 0 bridgehead atoms. The first-order valence-corrected chi connectivity index (χ1v) is 9.20. The third-order valence-electron chi connectivity index (χ3n) is 3.69. The minimum atomic E-state index is -3.40. The van der Waals surface area contributed by atoms with Crippen LogP contribution in [0.1, 0.15) is 45.6 Å². The summed E-state index contributed by atoms with van der Waals surface area (Å²) in [5.74, 6) is 0.715. The lowest BCUT2D eigenvalue weighted by Crippen LogP contribution is -2.32. The molecule has 1 saturated carbocycles. The van der Waals surface area contributed by atoms with E-state index >= 15 is 0 Å². The Balaban J connectivity index is 1.95. The Kier molecular flexibility index (Phi) is 5.41. The van der Waals surface area contributed by atoms with Crippen LogP contribution in [0.3, 0.4) is 0 Å². The summed E-state index contributed by atoms with van der Waals surface area (Å²) in [5.41, 5.74) is 1.09. The number of hydrogen-bond donors (Lipinski definition) is 2. The van der Waals surface area contributed by atoms with Crippen molar-refractivity contribution in [2.75, 3.05) is 0 Å². The number of benzene rings is 1. The molecule has 0 aliphatic heterocycles. The zero-order valence-electron chi connectivity index (χ0n) is 13.1. The highest BCUT2D eigenvalue weighted by Gasteiger charge is 2.26. The van der Waals surface area contributed by atoms with E-state index in [0.717, 1.165) is 18.5 Å². The van der Waals surface area contributed by atoms with Crippen molar-refractivity contribution in [3.63, 3.8) is 0 Å². The van der Waals surface area contributed by atoms with Crippen LogP contribution < -0.4 is 10.0 Å². The van der Waals surface area contributed by atoms with E-state index in [1.807, 2.05) is 19.1 Å². The van der Waals surface area contributed by atoms with Crippen molar-refractivity contribution in [1.82, 2.24) is 10.0 Å². The molecule has 2 rings (SSSR count). The first-order chi connectivity index (χ1) is 9.87. The van der Waals surface area contributed by atoms with Gasteiger partial charge in [-0.15, -0.1) is 0 Å². The second kappa shape index (κ2) is 6.90. The van der Waals surface area contributed by atoms with Crippen LogP contribution in [-0.4, -0.2) is 20.5 Å². The number of rotatable bonds is 8. The first kappa shape index (κ1) is 16.5. The maximum absolute atomic E-state index is 12.3. The highest BCUT2D eigenvalue weighted by Crippen LogP contribution is 2.33. The van der Waals surface area contributed by atoms with Gasteiger partial charge in [0.05, 0.1) is 4.90 Å². The van der Waals surface area contributed by atoms with E-state index in [1.54, 1.807) is 12.1 Å². The lowest BCUT2D eigenvalue weighted by atomic mass is 10.2. The van der Waals surface area contributed by atoms with Gasteiger partial charge in [0.2, 0.25) is 10.0 Å². The summed E-state index contributed by atoms with van der Waals surface area (Å²) in [6.07, 6.45) is 3.42. The molecule has 1 aliphatic rings. The van der Waals surface area contributed by atoms with Gasteiger partial charge >= 0.3 is 0 Å². The molecule has 0 amide bonds. The zero-order valence-corrected chi connectivity index (χ0v) is 13.9. The lowest BCUT2D eigenvalue weighted by molar-refractivity contribution is 0.530. The molecule has 1 unspecified atom stereocenters. The van der Waals surface area contributed by atoms with Crippen LogP contribution in [0.5, 0.6) is 0 Å². The molecule has 0 spiro atoms. The standard InChI is InChI=1S/C16H26N2O2S/c1-12(2)17-11-15-6-8-16(9-7-15)21(19,20)18-13(3)10-14-4-5-14/h6-9,12-14,17-18H,4-5,10-11H2,1-3H3. The lowest BCUT2D eigenvalue weighted by Gasteiger charge is -2.14. The van der Waals surface area contributed by atoms with Gasteiger partial charge in [0.25, 0.3) is 0 Å². The van der Waals surface area contributed by atoms with Crippen molar-refractivity contribution in [2.24, 2.45) is 5.92 Å². The molecule has 21 heavy (non-hydrogen) atoms. The van der Waals surface area contributed by atoms with Gasteiger partial charge in [0, 0.05) is 18.6 Å². The first-order valence-electron chi connectivity index (χ1n) is 7.71. The van der Waals surface area contributed by atoms with Gasteiger partial charge in [-0.25, -0.2) is 13.1 Å². The minimum Gasteiger partial charge on any atom is -0.310 e. The van der Waals surface area contributed by atoms with Crippen molar-refractivity contribution >= 4 is 10.0 Å². The van der Waals surface area contributed by atoms with E-state index in [0.29, 0.717) is 16.9 Å². The molecule has 2 N–H and O–H groups in total. The normalized spacial score (nSPS) is 17.1. The van der Waals surface area contributed by atoms with Crippen LogP contribution >= 0.6 is 0 Å². The third-order valence-corrected chi connectivity index (χ3v) is 5.29. The molecule has 0 radical (unpaired) electrons. The van der Waals surface area contributed by atoms with Crippen LogP contribution in [0, 0.1) is 5.92 Å². The maximum Gasteiger partial charge on any atom is 0.240 e. The van der Waals surface area contributed by atoms with Crippen LogP contribution in [0.2, 0.25) is 0 Å². The topological polar surface area (TPSA) is 58.2 Å². The van der Waals surface area contributed by atoms with Gasteiger partial charge < -0.3 is 5.32 Å². The molecule has 118 valence electrons. The van der Waals surface area contributed by atoms with Crippen molar-refractivity contribution in [2.45, 2.75) is 63.6 Å². The fourth-order valence-electron chi connectivity index (χ4n) is 2.34. The molecule has 0 saturated heterocycles. The van der Waals surface area contributed by atoms with Gasteiger partial charge in [-0.05, 0) is 37.0 Å². The Hall–Kier alpha value is -0.910. The molecular weight excluding hydrogens is 284 g/mol. The summed E-state index contributed by atoms with van der Waals surface area (Å²) in [7, 11) is -3.40. The van der Waals surface area contributed by atoms with Gasteiger partial charge in [-0.2, -0.15) is 0 Å². The summed E-state index contributed by atoms with van der Waals surface area (Å²) >= 11 is 0. The molecule has 1 aliphatic carbocycles. The Morgan fingerprint density at radius 3 is 2.29 bits per heavy atom. The predicted molar refractivity (Wildman–Crippen MR) is 85.5 cm³/mol. The van der Waals surface area contributed by atoms with E-state index in [-0.39, 0.29) is 6.04 Å². The summed E-state index contributed by atoms with van der Waals surface area (Å²) in [6, 6.07) is 7.53. The summed E-state index contributed by atoms with van der Waals surface area (Å²) < 4.78 is 27.4. The average Bonchev–Trinajstić information content (AvgIpc) is 3.20. The van der Waals surface area contributed by atoms with Gasteiger partial charge in [-0.3, -0.25) is 0 Å². The Bertz CT molecular complexity index is 548. The van der Waals surface area contributed by atoms with Crippen LogP contribution in [0.25, 0.3) is 0 Å². The Morgan fingerprint density at radius 2 is 1.76 bits per heavy atom. The third kappa shape index (κ3) is 5.41. The average molecular weight is 310 g/mol. The molecule has 1 fully saturated rings.